The maximum absolute atomic E-state index is 10.3. The average Bonchev–Trinajstić information content (AvgIpc) is 2.36. The first-order chi connectivity index (χ1) is 5.72. The van der Waals surface area contributed by atoms with E-state index < -0.39 is 5.97 Å². The number of aromatic nitrogens is 1. The molecule has 0 radical (unpaired) electrons. The zero-order chi connectivity index (χ0) is 8.97. The summed E-state index contributed by atoms with van der Waals surface area (Å²) in [6.45, 7) is 2.78. The molecule has 66 valence electrons. The van der Waals surface area contributed by atoms with Gasteiger partial charge in [-0.2, -0.15) is 0 Å². The maximum atomic E-state index is 10.3. The van der Waals surface area contributed by atoms with Crippen LogP contribution in [0.2, 0.25) is 0 Å². The normalized spacial score (nSPS) is 9.75. The van der Waals surface area contributed by atoms with Gasteiger partial charge in [0.15, 0.2) is 5.13 Å². The van der Waals surface area contributed by atoms with E-state index >= 15 is 0 Å². The van der Waals surface area contributed by atoms with Crippen molar-refractivity contribution in [3.63, 3.8) is 0 Å². The molecule has 0 aliphatic rings. The lowest BCUT2D eigenvalue weighted by atomic mass is 10.3. The Hall–Kier alpha value is -1.10. The molecule has 0 bridgehead atoms. The summed E-state index contributed by atoms with van der Waals surface area (Å²) in [7, 11) is 0. The molecule has 1 heterocycles. The number of hydrogen-bond donors (Lipinski definition) is 2. The maximum Gasteiger partial charge on any atom is 0.309 e. The molecule has 0 saturated carbocycles. The Morgan fingerprint density at radius 1 is 1.83 bits per heavy atom. The minimum absolute atomic E-state index is 0.00188. The summed E-state index contributed by atoms with van der Waals surface area (Å²) in [6.07, 6.45) is 0.00188. The highest BCUT2D eigenvalue weighted by atomic mass is 32.1. The second-order valence-corrected chi connectivity index (χ2v) is 3.10. The van der Waals surface area contributed by atoms with E-state index in [9.17, 15) is 4.79 Å². The van der Waals surface area contributed by atoms with Gasteiger partial charge >= 0.3 is 5.97 Å². The number of thiazole rings is 1. The molecule has 0 aromatic carbocycles. The molecular formula is C7H10N2O2S. The molecule has 5 heteroatoms. The summed E-state index contributed by atoms with van der Waals surface area (Å²) >= 11 is 1.43. The Morgan fingerprint density at radius 2 is 2.58 bits per heavy atom. The second-order valence-electron chi connectivity index (χ2n) is 2.24. The van der Waals surface area contributed by atoms with Crippen molar-refractivity contribution in [3.8, 4) is 0 Å². The van der Waals surface area contributed by atoms with E-state index in [-0.39, 0.29) is 6.42 Å². The Kier molecular flexibility index (Phi) is 3.04. The number of carbonyl (C=O) groups is 1. The zero-order valence-corrected chi connectivity index (χ0v) is 7.52. The van der Waals surface area contributed by atoms with Crippen LogP contribution >= 0.6 is 11.3 Å². The Balaban J connectivity index is 2.58. The average molecular weight is 186 g/mol. The van der Waals surface area contributed by atoms with E-state index in [1.165, 1.54) is 11.3 Å². The summed E-state index contributed by atoms with van der Waals surface area (Å²) < 4.78 is 0. The standard InChI is InChI=1S/C7H10N2O2S/c1-2-8-7-9-5(4-12-7)3-6(10)11/h4H,2-3H2,1H3,(H,8,9)(H,10,11). The predicted molar refractivity (Wildman–Crippen MR) is 47.6 cm³/mol. The lowest BCUT2D eigenvalue weighted by Crippen LogP contribution is -2.01. The van der Waals surface area contributed by atoms with Gasteiger partial charge in [0, 0.05) is 11.9 Å². The van der Waals surface area contributed by atoms with Gasteiger partial charge in [0.2, 0.25) is 0 Å². The highest BCUT2D eigenvalue weighted by molar-refractivity contribution is 7.13. The van der Waals surface area contributed by atoms with Crippen molar-refractivity contribution in [2.24, 2.45) is 0 Å². The first-order valence-electron chi connectivity index (χ1n) is 3.62. The molecule has 1 rings (SSSR count). The van der Waals surface area contributed by atoms with Gasteiger partial charge in [-0.25, -0.2) is 4.98 Å². The molecule has 0 atom stereocenters. The van der Waals surface area contributed by atoms with E-state index in [1.807, 2.05) is 6.92 Å². The minimum atomic E-state index is -0.844. The van der Waals surface area contributed by atoms with E-state index in [2.05, 4.69) is 10.3 Å². The summed E-state index contributed by atoms with van der Waals surface area (Å²) in [5.74, 6) is -0.844. The number of carboxylic acids is 1. The van der Waals surface area contributed by atoms with Gasteiger partial charge < -0.3 is 10.4 Å². The van der Waals surface area contributed by atoms with Crippen LogP contribution in [0.5, 0.6) is 0 Å². The zero-order valence-electron chi connectivity index (χ0n) is 6.70. The molecule has 1 aromatic rings. The summed E-state index contributed by atoms with van der Waals surface area (Å²) in [6, 6.07) is 0. The Bertz CT molecular complexity index is 272. The minimum Gasteiger partial charge on any atom is -0.481 e. The quantitative estimate of drug-likeness (QED) is 0.741. The third-order valence-corrected chi connectivity index (χ3v) is 2.06. The smallest absolute Gasteiger partial charge is 0.309 e. The number of hydrogen-bond acceptors (Lipinski definition) is 4. The van der Waals surface area contributed by atoms with Crippen molar-refractivity contribution in [1.82, 2.24) is 4.98 Å². The number of nitrogens with one attached hydrogen (secondary N) is 1. The topological polar surface area (TPSA) is 62.2 Å². The Morgan fingerprint density at radius 3 is 3.17 bits per heavy atom. The third kappa shape index (κ3) is 2.50. The fraction of sp³-hybridized carbons (Fsp3) is 0.429. The largest absolute Gasteiger partial charge is 0.481 e. The van der Waals surface area contributed by atoms with Crippen LogP contribution in [-0.2, 0) is 11.2 Å². The van der Waals surface area contributed by atoms with E-state index in [1.54, 1.807) is 5.38 Å². The van der Waals surface area contributed by atoms with Crippen LogP contribution in [0.1, 0.15) is 12.6 Å². The molecule has 0 spiro atoms. The van der Waals surface area contributed by atoms with Crippen LogP contribution in [-0.4, -0.2) is 22.6 Å². The first kappa shape index (κ1) is 8.99. The monoisotopic (exact) mass is 186 g/mol. The van der Waals surface area contributed by atoms with Crippen LogP contribution < -0.4 is 5.32 Å². The van der Waals surface area contributed by atoms with Gasteiger partial charge in [-0.05, 0) is 6.92 Å². The van der Waals surface area contributed by atoms with E-state index in [4.69, 9.17) is 5.11 Å². The Labute approximate surface area is 74.3 Å². The molecule has 0 amide bonds. The molecule has 0 unspecified atom stereocenters. The number of anilines is 1. The molecule has 0 saturated heterocycles. The molecule has 0 fully saturated rings. The van der Waals surface area contributed by atoms with Crippen molar-refractivity contribution in [2.45, 2.75) is 13.3 Å². The van der Waals surface area contributed by atoms with Crippen molar-refractivity contribution in [2.75, 3.05) is 11.9 Å². The highest BCUT2D eigenvalue weighted by Gasteiger charge is 2.04. The summed E-state index contributed by atoms with van der Waals surface area (Å²) in [5.41, 5.74) is 0.614. The van der Waals surface area contributed by atoms with Gasteiger partial charge in [-0.15, -0.1) is 11.3 Å². The fourth-order valence-electron chi connectivity index (χ4n) is 0.776. The fourth-order valence-corrected chi connectivity index (χ4v) is 1.56. The van der Waals surface area contributed by atoms with Crippen LogP contribution in [0, 0.1) is 0 Å². The molecule has 2 N–H and O–H groups in total. The van der Waals surface area contributed by atoms with Crippen LogP contribution in [0.4, 0.5) is 5.13 Å². The lowest BCUT2D eigenvalue weighted by molar-refractivity contribution is -0.136. The van der Waals surface area contributed by atoms with Gasteiger partial charge in [0.05, 0.1) is 12.1 Å². The van der Waals surface area contributed by atoms with Gasteiger partial charge in [0.25, 0.3) is 0 Å². The van der Waals surface area contributed by atoms with Crippen LogP contribution in [0.3, 0.4) is 0 Å². The molecule has 0 aliphatic carbocycles. The van der Waals surface area contributed by atoms with Crippen LogP contribution in [0.15, 0.2) is 5.38 Å². The molecule has 4 nitrogen and oxygen atoms in total. The molecule has 12 heavy (non-hydrogen) atoms. The van der Waals surface area contributed by atoms with Crippen LogP contribution in [0.25, 0.3) is 0 Å². The second kappa shape index (κ2) is 4.06. The van der Waals surface area contributed by atoms with E-state index in [0.717, 1.165) is 11.7 Å². The lowest BCUT2D eigenvalue weighted by Gasteiger charge is -1.93. The van der Waals surface area contributed by atoms with Gasteiger partial charge in [-0.3, -0.25) is 4.79 Å². The van der Waals surface area contributed by atoms with E-state index in [0.29, 0.717) is 5.69 Å². The molecular weight excluding hydrogens is 176 g/mol. The third-order valence-electron chi connectivity index (χ3n) is 1.21. The number of carboxylic acid groups (broad SMARTS) is 1. The summed E-state index contributed by atoms with van der Waals surface area (Å²) in [4.78, 5) is 14.3. The number of aliphatic carboxylic acids is 1. The molecule has 0 aliphatic heterocycles. The number of rotatable bonds is 4. The predicted octanol–water partition coefficient (Wildman–Crippen LogP) is 1.20. The van der Waals surface area contributed by atoms with Crippen molar-refractivity contribution < 1.29 is 9.90 Å². The number of nitrogens with zero attached hydrogens (tertiary/aromatic N) is 1. The van der Waals surface area contributed by atoms with Gasteiger partial charge in [-0.1, -0.05) is 0 Å². The van der Waals surface area contributed by atoms with Crippen molar-refractivity contribution >= 4 is 22.4 Å². The van der Waals surface area contributed by atoms with Crippen molar-refractivity contribution in [3.05, 3.63) is 11.1 Å². The first-order valence-corrected chi connectivity index (χ1v) is 4.50. The summed E-state index contributed by atoms with van der Waals surface area (Å²) in [5, 5.41) is 14.0. The SMILES string of the molecule is CCNc1nc(CC(=O)O)cs1. The van der Waals surface area contributed by atoms with Gasteiger partial charge in [0.1, 0.15) is 0 Å². The van der Waals surface area contributed by atoms with Crippen molar-refractivity contribution in [1.29, 1.82) is 0 Å². The molecule has 1 aromatic heterocycles. The highest BCUT2D eigenvalue weighted by Crippen LogP contribution is 2.14.